The summed E-state index contributed by atoms with van der Waals surface area (Å²) in [5, 5.41) is 79.0. The lowest BCUT2D eigenvalue weighted by Gasteiger charge is -2.45. The van der Waals surface area contributed by atoms with Gasteiger partial charge in [-0.2, -0.15) is 0 Å². The summed E-state index contributed by atoms with van der Waals surface area (Å²) < 4.78 is 21.0. The SMILES string of the molecule is O=C(C=Cc1ccc(O)cc1)OC1OC(CO)C(OC2OC(CO)C(O)C(O)C2O)C(O)C1O. The zero-order chi connectivity index (χ0) is 25.0. The fourth-order valence-electron chi connectivity index (χ4n) is 3.56. The van der Waals surface area contributed by atoms with Crippen molar-refractivity contribution >= 4 is 12.0 Å². The minimum Gasteiger partial charge on any atom is -0.508 e. The van der Waals surface area contributed by atoms with Crippen molar-refractivity contribution in [3.8, 4) is 5.75 Å². The van der Waals surface area contributed by atoms with Crippen molar-refractivity contribution < 1.29 is 64.6 Å². The van der Waals surface area contributed by atoms with E-state index in [1.54, 1.807) is 0 Å². The molecule has 0 bridgehead atoms. The first-order valence-electron chi connectivity index (χ1n) is 10.4. The Labute approximate surface area is 193 Å². The van der Waals surface area contributed by atoms with Gasteiger partial charge in [0.15, 0.2) is 6.29 Å². The molecular weight excluding hydrogens is 460 g/mol. The second-order valence-corrected chi connectivity index (χ2v) is 7.87. The summed E-state index contributed by atoms with van der Waals surface area (Å²) in [5.41, 5.74) is 0.570. The number of carbonyl (C=O) groups is 1. The topological polar surface area (TPSA) is 216 Å². The Bertz CT molecular complexity index is 826. The highest BCUT2D eigenvalue weighted by Gasteiger charge is 2.51. The molecule has 13 heteroatoms. The summed E-state index contributed by atoms with van der Waals surface area (Å²) in [7, 11) is 0. The molecule has 190 valence electrons. The zero-order valence-electron chi connectivity index (χ0n) is 17.8. The highest BCUT2D eigenvalue weighted by molar-refractivity contribution is 5.87. The molecule has 2 fully saturated rings. The first kappa shape index (κ1) is 26.4. The molecule has 1 aromatic rings. The van der Waals surface area contributed by atoms with Gasteiger partial charge in [0.1, 0.15) is 54.6 Å². The number of hydrogen-bond acceptors (Lipinski definition) is 13. The molecule has 13 nitrogen and oxygen atoms in total. The number of carbonyl (C=O) groups excluding carboxylic acids is 1. The van der Waals surface area contributed by atoms with Crippen LogP contribution in [0.3, 0.4) is 0 Å². The van der Waals surface area contributed by atoms with E-state index in [2.05, 4.69) is 0 Å². The molecule has 0 aromatic heterocycles. The van der Waals surface area contributed by atoms with Gasteiger partial charge in [-0.05, 0) is 23.8 Å². The van der Waals surface area contributed by atoms with Crippen molar-refractivity contribution in [1.82, 2.24) is 0 Å². The number of aliphatic hydroxyl groups is 7. The van der Waals surface area contributed by atoms with Crippen LogP contribution in [0, 0.1) is 0 Å². The Kier molecular flexibility index (Phi) is 8.95. The molecule has 3 rings (SSSR count). The van der Waals surface area contributed by atoms with Crippen molar-refractivity contribution in [3.05, 3.63) is 35.9 Å². The van der Waals surface area contributed by atoms with Crippen LogP contribution in [0.15, 0.2) is 30.3 Å². The molecule has 0 aliphatic carbocycles. The van der Waals surface area contributed by atoms with E-state index in [0.29, 0.717) is 5.56 Å². The summed E-state index contributed by atoms with van der Waals surface area (Å²) in [6, 6.07) is 5.91. The van der Waals surface area contributed by atoms with Crippen molar-refractivity contribution in [1.29, 1.82) is 0 Å². The van der Waals surface area contributed by atoms with E-state index < -0.39 is 80.6 Å². The summed E-state index contributed by atoms with van der Waals surface area (Å²) in [5.74, 6) is -0.891. The normalized spacial score (nSPS) is 38.7. The molecule has 34 heavy (non-hydrogen) atoms. The first-order valence-corrected chi connectivity index (χ1v) is 10.4. The third-order valence-electron chi connectivity index (χ3n) is 5.50. The van der Waals surface area contributed by atoms with Gasteiger partial charge in [-0.1, -0.05) is 12.1 Å². The molecule has 0 spiro atoms. The maximum absolute atomic E-state index is 12.1. The molecule has 0 radical (unpaired) electrons. The highest BCUT2D eigenvalue weighted by atomic mass is 16.7. The molecular formula is C21H28O13. The molecule has 2 saturated heterocycles. The fourth-order valence-corrected chi connectivity index (χ4v) is 3.56. The number of phenolic OH excluding ortho intramolecular Hbond substituents is 1. The number of benzene rings is 1. The molecule has 2 aliphatic heterocycles. The Hall–Kier alpha value is -2.17. The first-order chi connectivity index (χ1) is 16.2. The fraction of sp³-hybridized carbons (Fsp3) is 0.571. The van der Waals surface area contributed by atoms with Crippen molar-refractivity contribution in [2.45, 2.75) is 61.4 Å². The number of phenols is 1. The van der Waals surface area contributed by atoms with Crippen LogP contribution in [0.4, 0.5) is 0 Å². The lowest BCUT2D eigenvalue weighted by molar-refractivity contribution is -0.355. The van der Waals surface area contributed by atoms with Gasteiger partial charge in [-0.15, -0.1) is 0 Å². The van der Waals surface area contributed by atoms with Crippen LogP contribution in [-0.4, -0.2) is 121 Å². The second kappa shape index (κ2) is 11.5. The number of aromatic hydroxyl groups is 1. The van der Waals surface area contributed by atoms with Crippen LogP contribution in [0.2, 0.25) is 0 Å². The Morgan fingerprint density at radius 2 is 1.41 bits per heavy atom. The predicted molar refractivity (Wildman–Crippen MR) is 110 cm³/mol. The lowest BCUT2D eigenvalue weighted by Crippen LogP contribution is -2.64. The van der Waals surface area contributed by atoms with E-state index in [-0.39, 0.29) is 5.75 Å². The molecule has 0 saturated carbocycles. The quantitative estimate of drug-likeness (QED) is 0.139. The zero-order valence-corrected chi connectivity index (χ0v) is 17.8. The standard InChI is InChI=1S/C21H28O13/c22-7-11-14(26)15(27)17(29)21(31-11)34-19-12(8-23)32-20(18(30)16(19)28)33-13(25)6-3-9-1-4-10(24)5-2-9/h1-6,11-12,14-24,26-30H,7-8H2. The molecule has 8 N–H and O–H groups in total. The number of hydrogen-bond donors (Lipinski definition) is 8. The average molecular weight is 488 g/mol. The van der Waals surface area contributed by atoms with Crippen molar-refractivity contribution in [2.24, 2.45) is 0 Å². The van der Waals surface area contributed by atoms with Gasteiger partial charge >= 0.3 is 5.97 Å². The minimum atomic E-state index is -1.83. The third-order valence-corrected chi connectivity index (χ3v) is 5.50. The summed E-state index contributed by atoms with van der Waals surface area (Å²) in [6.07, 6.45) is -13.9. The summed E-state index contributed by atoms with van der Waals surface area (Å²) in [4.78, 5) is 12.1. The van der Waals surface area contributed by atoms with E-state index >= 15 is 0 Å². The number of esters is 1. The van der Waals surface area contributed by atoms with Gasteiger partial charge in [0.2, 0.25) is 6.29 Å². The second-order valence-electron chi connectivity index (χ2n) is 7.87. The van der Waals surface area contributed by atoms with Gasteiger partial charge in [0, 0.05) is 6.08 Å². The van der Waals surface area contributed by atoms with Gasteiger partial charge < -0.3 is 59.8 Å². The third kappa shape index (κ3) is 5.90. The largest absolute Gasteiger partial charge is 0.508 e. The molecule has 2 heterocycles. The maximum atomic E-state index is 12.1. The molecule has 2 aliphatic rings. The van der Waals surface area contributed by atoms with Crippen molar-refractivity contribution in [3.63, 3.8) is 0 Å². The van der Waals surface area contributed by atoms with Crippen LogP contribution in [-0.2, 0) is 23.7 Å². The van der Waals surface area contributed by atoms with Crippen LogP contribution in [0.5, 0.6) is 5.75 Å². The molecule has 1 aromatic carbocycles. The predicted octanol–water partition coefficient (Wildman–Crippen LogP) is -3.43. The summed E-state index contributed by atoms with van der Waals surface area (Å²) in [6.45, 7) is -1.47. The van der Waals surface area contributed by atoms with Gasteiger partial charge in [-0.3, -0.25) is 0 Å². The lowest BCUT2D eigenvalue weighted by atomic mass is 9.97. The average Bonchev–Trinajstić information content (AvgIpc) is 2.83. The van der Waals surface area contributed by atoms with Gasteiger partial charge in [0.05, 0.1) is 13.2 Å². The number of aliphatic hydroxyl groups excluding tert-OH is 7. The summed E-state index contributed by atoms with van der Waals surface area (Å²) >= 11 is 0. The Morgan fingerprint density at radius 1 is 0.824 bits per heavy atom. The van der Waals surface area contributed by atoms with Crippen LogP contribution >= 0.6 is 0 Å². The van der Waals surface area contributed by atoms with E-state index in [1.807, 2.05) is 0 Å². The smallest absolute Gasteiger partial charge is 0.333 e. The van der Waals surface area contributed by atoms with Crippen LogP contribution in [0.1, 0.15) is 5.56 Å². The van der Waals surface area contributed by atoms with Crippen LogP contribution < -0.4 is 0 Å². The molecule has 10 unspecified atom stereocenters. The Morgan fingerprint density at radius 3 is 2.03 bits per heavy atom. The minimum absolute atomic E-state index is 0.0444. The monoisotopic (exact) mass is 488 g/mol. The van der Waals surface area contributed by atoms with E-state index in [9.17, 15) is 45.6 Å². The molecule has 0 amide bonds. The van der Waals surface area contributed by atoms with Crippen molar-refractivity contribution in [2.75, 3.05) is 13.2 Å². The van der Waals surface area contributed by atoms with E-state index in [0.717, 1.165) is 6.08 Å². The maximum Gasteiger partial charge on any atom is 0.333 e. The van der Waals surface area contributed by atoms with Crippen LogP contribution in [0.25, 0.3) is 6.08 Å². The van der Waals surface area contributed by atoms with Gasteiger partial charge in [0.25, 0.3) is 0 Å². The number of rotatable bonds is 7. The highest BCUT2D eigenvalue weighted by Crippen LogP contribution is 2.29. The van der Waals surface area contributed by atoms with E-state index in [4.69, 9.17) is 18.9 Å². The van der Waals surface area contributed by atoms with E-state index in [1.165, 1.54) is 30.3 Å². The molecule has 10 atom stereocenters. The Balaban J connectivity index is 1.64. The van der Waals surface area contributed by atoms with Gasteiger partial charge in [-0.25, -0.2) is 4.79 Å². The number of ether oxygens (including phenoxy) is 4.